The van der Waals surface area contributed by atoms with Crippen molar-refractivity contribution in [1.29, 1.82) is 0 Å². The Hall–Kier alpha value is -0.0800. The topological polar surface area (TPSA) is 15.3 Å². The maximum atomic E-state index is 3.79. The van der Waals surface area contributed by atoms with Crippen LogP contribution >= 0.6 is 0 Å². The van der Waals surface area contributed by atoms with E-state index in [1.165, 1.54) is 38.6 Å². The summed E-state index contributed by atoms with van der Waals surface area (Å²) in [6.45, 7) is 14.4. The Morgan fingerprint density at radius 3 is 2.45 bits per heavy atom. The van der Waals surface area contributed by atoms with Gasteiger partial charge in [-0.3, -0.25) is 4.90 Å². The lowest BCUT2D eigenvalue weighted by Crippen LogP contribution is -2.59. The summed E-state index contributed by atoms with van der Waals surface area (Å²) in [6, 6.07) is 2.25. The van der Waals surface area contributed by atoms with Crippen molar-refractivity contribution in [2.24, 2.45) is 17.8 Å². The van der Waals surface area contributed by atoms with Crippen LogP contribution in [0.1, 0.15) is 66.7 Å². The fraction of sp³-hybridized carbons (Fsp3) is 1.00. The molecule has 2 rings (SSSR count). The van der Waals surface area contributed by atoms with Crippen molar-refractivity contribution in [2.75, 3.05) is 13.1 Å². The second kappa shape index (κ2) is 7.26. The highest BCUT2D eigenvalue weighted by molar-refractivity contribution is 4.95. The summed E-state index contributed by atoms with van der Waals surface area (Å²) in [7, 11) is 0. The number of piperidine rings is 1. The lowest BCUT2D eigenvalue weighted by atomic mass is 9.77. The monoisotopic (exact) mass is 280 g/mol. The van der Waals surface area contributed by atoms with Crippen molar-refractivity contribution in [3.63, 3.8) is 0 Å². The molecule has 0 aromatic rings. The van der Waals surface area contributed by atoms with Gasteiger partial charge in [0, 0.05) is 24.7 Å². The average Bonchev–Trinajstić information content (AvgIpc) is 2.43. The molecule has 1 saturated heterocycles. The minimum absolute atomic E-state index is 0.725. The van der Waals surface area contributed by atoms with Gasteiger partial charge >= 0.3 is 0 Å². The van der Waals surface area contributed by atoms with E-state index in [4.69, 9.17) is 0 Å². The van der Waals surface area contributed by atoms with Crippen LogP contribution in [0.3, 0.4) is 0 Å². The summed E-state index contributed by atoms with van der Waals surface area (Å²) in [6.07, 6.45) is 7.00. The summed E-state index contributed by atoms with van der Waals surface area (Å²) in [5.41, 5.74) is 0. The predicted octanol–water partition coefficient (Wildman–Crippen LogP) is 3.91. The Labute approximate surface area is 126 Å². The fourth-order valence-corrected chi connectivity index (χ4v) is 4.67. The van der Waals surface area contributed by atoms with E-state index >= 15 is 0 Å². The van der Waals surface area contributed by atoms with E-state index in [-0.39, 0.29) is 0 Å². The van der Waals surface area contributed by atoms with Crippen LogP contribution in [-0.2, 0) is 0 Å². The molecular weight excluding hydrogens is 244 g/mol. The first-order valence-corrected chi connectivity index (χ1v) is 9.05. The van der Waals surface area contributed by atoms with Gasteiger partial charge in [-0.2, -0.15) is 0 Å². The van der Waals surface area contributed by atoms with E-state index in [0.29, 0.717) is 0 Å². The van der Waals surface area contributed by atoms with Crippen LogP contribution in [0.5, 0.6) is 0 Å². The fourth-order valence-electron chi connectivity index (χ4n) is 4.67. The molecule has 2 heteroatoms. The van der Waals surface area contributed by atoms with Crippen LogP contribution in [0.25, 0.3) is 0 Å². The molecule has 0 aromatic heterocycles. The van der Waals surface area contributed by atoms with Gasteiger partial charge in [0.15, 0.2) is 0 Å². The Balaban J connectivity index is 2.11. The van der Waals surface area contributed by atoms with E-state index in [2.05, 4.69) is 44.8 Å². The average molecular weight is 280 g/mol. The van der Waals surface area contributed by atoms with Crippen molar-refractivity contribution in [1.82, 2.24) is 10.2 Å². The summed E-state index contributed by atoms with van der Waals surface area (Å²) in [5, 5.41) is 3.79. The molecule has 2 aliphatic rings. The molecule has 1 heterocycles. The van der Waals surface area contributed by atoms with Crippen molar-refractivity contribution in [3.8, 4) is 0 Å². The quantitative estimate of drug-likeness (QED) is 0.840. The summed E-state index contributed by atoms with van der Waals surface area (Å²) >= 11 is 0. The van der Waals surface area contributed by atoms with Crippen LogP contribution in [0.15, 0.2) is 0 Å². The molecule has 118 valence electrons. The zero-order chi connectivity index (χ0) is 14.7. The van der Waals surface area contributed by atoms with E-state index in [0.717, 1.165) is 42.4 Å². The van der Waals surface area contributed by atoms with Crippen molar-refractivity contribution < 1.29 is 0 Å². The largest absolute Gasteiger partial charge is 0.313 e. The molecule has 2 nitrogen and oxygen atoms in total. The third-order valence-corrected chi connectivity index (χ3v) is 6.04. The van der Waals surface area contributed by atoms with Crippen LogP contribution in [0.2, 0.25) is 0 Å². The van der Waals surface area contributed by atoms with Crippen LogP contribution in [-0.4, -0.2) is 36.1 Å². The molecule has 1 aliphatic carbocycles. The lowest BCUT2D eigenvalue weighted by Gasteiger charge is -2.50. The minimum Gasteiger partial charge on any atom is -0.313 e. The molecule has 1 aliphatic heterocycles. The molecule has 1 N–H and O–H groups in total. The Morgan fingerprint density at radius 1 is 1.05 bits per heavy atom. The zero-order valence-electron chi connectivity index (χ0n) is 14.4. The Kier molecular flexibility index (Phi) is 5.92. The summed E-state index contributed by atoms with van der Waals surface area (Å²) in [4.78, 5) is 2.87. The molecular formula is C18H36N2. The maximum Gasteiger partial charge on any atom is 0.0255 e. The van der Waals surface area contributed by atoms with Gasteiger partial charge in [-0.25, -0.2) is 0 Å². The molecule has 1 saturated carbocycles. The van der Waals surface area contributed by atoms with Crippen LogP contribution < -0.4 is 5.32 Å². The van der Waals surface area contributed by atoms with Gasteiger partial charge in [-0.1, -0.05) is 34.1 Å². The molecule has 0 aromatic carbocycles. The predicted molar refractivity (Wildman–Crippen MR) is 88.0 cm³/mol. The summed E-state index contributed by atoms with van der Waals surface area (Å²) in [5.74, 6) is 2.67. The van der Waals surface area contributed by atoms with Gasteiger partial charge in [-0.15, -0.1) is 0 Å². The van der Waals surface area contributed by atoms with Gasteiger partial charge in [0.05, 0.1) is 0 Å². The number of hydrogen-bond donors (Lipinski definition) is 1. The highest BCUT2D eigenvalue weighted by Gasteiger charge is 2.39. The number of nitrogens with one attached hydrogen (secondary N) is 1. The molecule has 2 fully saturated rings. The first kappa shape index (κ1) is 16.3. The Morgan fingerprint density at radius 2 is 1.80 bits per heavy atom. The van der Waals surface area contributed by atoms with Gasteiger partial charge in [0.1, 0.15) is 0 Å². The van der Waals surface area contributed by atoms with E-state index in [9.17, 15) is 0 Å². The third kappa shape index (κ3) is 3.57. The van der Waals surface area contributed by atoms with E-state index in [1.54, 1.807) is 0 Å². The summed E-state index contributed by atoms with van der Waals surface area (Å²) < 4.78 is 0. The molecule has 0 radical (unpaired) electrons. The standard InChI is InChI=1S/C18H36N2/c1-6-16-8-9-17(19-7-2)18(11-16)20-12-13(3)10-14(4)15(20)5/h13-19H,6-12H2,1-5H3. The molecule has 6 atom stereocenters. The highest BCUT2D eigenvalue weighted by atomic mass is 15.2. The highest BCUT2D eigenvalue weighted by Crippen LogP contribution is 2.36. The van der Waals surface area contributed by atoms with Crippen molar-refractivity contribution in [3.05, 3.63) is 0 Å². The lowest BCUT2D eigenvalue weighted by molar-refractivity contribution is 0.00101. The molecule has 0 spiro atoms. The SMILES string of the molecule is CCNC1CCC(CC)CC1N1CC(C)CC(C)C1C. The van der Waals surface area contributed by atoms with Crippen molar-refractivity contribution >= 4 is 0 Å². The van der Waals surface area contributed by atoms with Crippen LogP contribution in [0.4, 0.5) is 0 Å². The zero-order valence-corrected chi connectivity index (χ0v) is 14.4. The van der Waals surface area contributed by atoms with Crippen molar-refractivity contribution in [2.45, 2.75) is 84.8 Å². The number of likely N-dealkylation sites (tertiary alicyclic amines) is 1. The van der Waals surface area contributed by atoms with Gasteiger partial charge in [0.25, 0.3) is 0 Å². The first-order valence-electron chi connectivity index (χ1n) is 9.05. The van der Waals surface area contributed by atoms with Gasteiger partial charge in [-0.05, 0) is 56.9 Å². The minimum atomic E-state index is 0.725. The van der Waals surface area contributed by atoms with Gasteiger partial charge in [0.2, 0.25) is 0 Å². The number of rotatable bonds is 4. The normalized spacial score (nSPS) is 43.6. The molecule has 6 unspecified atom stereocenters. The van der Waals surface area contributed by atoms with E-state index < -0.39 is 0 Å². The van der Waals surface area contributed by atoms with E-state index in [1.807, 2.05) is 0 Å². The molecule has 0 bridgehead atoms. The number of nitrogens with zero attached hydrogens (tertiary/aromatic N) is 1. The number of hydrogen-bond acceptors (Lipinski definition) is 2. The second-order valence-electron chi connectivity index (χ2n) is 7.57. The molecule has 0 amide bonds. The third-order valence-electron chi connectivity index (χ3n) is 6.04. The first-order chi connectivity index (χ1) is 9.56. The smallest absolute Gasteiger partial charge is 0.0255 e. The Bertz CT molecular complexity index is 291. The van der Waals surface area contributed by atoms with Gasteiger partial charge < -0.3 is 5.32 Å². The number of likely N-dealkylation sites (N-methyl/N-ethyl adjacent to an activating group) is 1. The second-order valence-corrected chi connectivity index (χ2v) is 7.57. The molecule has 20 heavy (non-hydrogen) atoms. The maximum absolute atomic E-state index is 3.79. The van der Waals surface area contributed by atoms with Crippen LogP contribution in [0, 0.1) is 17.8 Å².